The van der Waals surface area contributed by atoms with E-state index in [4.69, 9.17) is 9.72 Å². The Labute approximate surface area is 151 Å². The van der Waals surface area contributed by atoms with Crippen LogP contribution in [0.15, 0.2) is 18.5 Å². The average Bonchev–Trinajstić information content (AvgIpc) is 3.24. The summed E-state index contributed by atoms with van der Waals surface area (Å²) in [5.41, 5.74) is 2.71. The van der Waals surface area contributed by atoms with Crippen LogP contribution in [0.3, 0.4) is 0 Å². The van der Waals surface area contributed by atoms with Gasteiger partial charge in [-0.2, -0.15) is 5.10 Å². The Morgan fingerprint density at radius 2 is 2.12 bits per heavy atom. The van der Waals surface area contributed by atoms with Gasteiger partial charge in [0.05, 0.1) is 24.9 Å². The van der Waals surface area contributed by atoms with Crippen molar-refractivity contribution >= 4 is 11.9 Å². The van der Waals surface area contributed by atoms with Gasteiger partial charge in [-0.15, -0.1) is 0 Å². The monoisotopic (exact) mass is 354 g/mol. The predicted octanol–water partition coefficient (Wildman–Crippen LogP) is 0.949. The van der Waals surface area contributed by atoms with Gasteiger partial charge in [-0.25, -0.2) is 9.97 Å². The molecule has 5 rings (SSSR count). The van der Waals surface area contributed by atoms with E-state index in [0.717, 1.165) is 62.8 Å². The van der Waals surface area contributed by atoms with Crippen molar-refractivity contribution in [2.45, 2.75) is 31.3 Å². The fourth-order valence-electron chi connectivity index (χ4n) is 4.35. The van der Waals surface area contributed by atoms with Crippen molar-refractivity contribution in [2.24, 2.45) is 7.05 Å². The molecule has 0 unspecified atom stereocenters. The first-order chi connectivity index (χ1) is 12.7. The standard InChI is InChI=1S/C18H22N6O2/c1-22-5-4-14(21-22)17(25)24-12-2-3-16(24)13-11-19-18(20-15(13)10-12)23-6-8-26-9-7-23/h4-5,11-12,16H,2-3,6-10H2,1H3/t12-,16-/m0/s1. The van der Waals surface area contributed by atoms with Crippen LogP contribution in [0, 0.1) is 0 Å². The van der Waals surface area contributed by atoms with Crippen LogP contribution < -0.4 is 4.90 Å². The minimum absolute atomic E-state index is 0.0148. The van der Waals surface area contributed by atoms with E-state index in [9.17, 15) is 4.79 Å². The Balaban J connectivity index is 1.44. The number of hydrogen-bond donors (Lipinski definition) is 0. The first-order valence-corrected chi connectivity index (χ1v) is 9.21. The number of ether oxygens (including phenoxy) is 1. The summed E-state index contributed by atoms with van der Waals surface area (Å²) >= 11 is 0. The van der Waals surface area contributed by atoms with Gasteiger partial charge in [-0.05, 0) is 18.9 Å². The molecule has 0 spiro atoms. The van der Waals surface area contributed by atoms with E-state index < -0.39 is 0 Å². The topological polar surface area (TPSA) is 76.4 Å². The number of anilines is 1. The smallest absolute Gasteiger partial charge is 0.275 e. The Hall–Kier alpha value is -2.48. The summed E-state index contributed by atoms with van der Waals surface area (Å²) in [6, 6.07) is 2.06. The summed E-state index contributed by atoms with van der Waals surface area (Å²) in [6.45, 7) is 3.10. The van der Waals surface area contributed by atoms with E-state index >= 15 is 0 Å². The first kappa shape index (κ1) is 15.7. The third-order valence-electron chi connectivity index (χ3n) is 5.64. The molecule has 0 N–H and O–H groups in total. The molecule has 0 radical (unpaired) electrons. The Morgan fingerprint density at radius 1 is 1.27 bits per heavy atom. The van der Waals surface area contributed by atoms with Gasteiger partial charge in [-0.1, -0.05) is 0 Å². The molecular weight excluding hydrogens is 332 g/mol. The highest BCUT2D eigenvalue weighted by molar-refractivity contribution is 5.93. The Morgan fingerprint density at radius 3 is 2.88 bits per heavy atom. The molecule has 5 heterocycles. The lowest BCUT2D eigenvalue weighted by atomic mass is 9.99. The molecule has 2 aromatic heterocycles. The molecule has 2 aromatic rings. The van der Waals surface area contributed by atoms with Crippen molar-refractivity contribution in [1.29, 1.82) is 0 Å². The van der Waals surface area contributed by atoms with E-state index in [-0.39, 0.29) is 18.0 Å². The average molecular weight is 354 g/mol. The molecule has 1 amide bonds. The van der Waals surface area contributed by atoms with Gasteiger partial charge in [0.1, 0.15) is 5.69 Å². The van der Waals surface area contributed by atoms with Crippen LogP contribution in [0.25, 0.3) is 0 Å². The summed E-state index contributed by atoms with van der Waals surface area (Å²) in [7, 11) is 1.83. The fourth-order valence-corrected chi connectivity index (χ4v) is 4.35. The highest BCUT2D eigenvalue weighted by atomic mass is 16.5. The molecule has 2 fully saturated rings. The van der Waals surface area contributed by atoms with E-state index in [1.807, 2.05) is 24.3 Å². The molecule has 0 aromatic carbocycles. The lowest BCUT2D eigenvalue weighted by Crippen LogP contribution is -2.43. The molecule has 3 aliphatic heterocycles. The SMILES string of the molecule is Cn1ccc(C(=O)N2[C@H]3CC[C@H]2c2cnc(N4CCOCC4)nc2C3)n1. The minimum atomic E-state index is 0.0148. The number of carbonyl (C=O) groups is 1. The minimum Gasteiger partial charge on any atom is -0.378 e. The number of rotatable bonds is 2. The molecule has 2 bridgehead atoms. The largest absolute Gasteiger partial charge is 0.378 e. The summed E-state index contributed by atoms with van der Waals surface area (Å²) in [6.07, 6.45) is 6.51. The van der Waals surface area contributed by atoms with E-state index in [2.05, 4.69) is 15.0 Å². The van der Waals surface area contributed by atoms with Crippen LogP contribution in [0.4, 0.5) is 5.95 Å². The van der Waals surface area contributed by atoms with Gasteiger partial charge in [-0.3, -0.25) is 9.48 Å². The lowest BCUT2D eigenvalue weighted by molar-refractivity contribution is 0.0636. The molecule has 136 valence electrons. The molecule has 2 saturated heterocycles. The third kappa shape index (κ3) is 2.47. The quantitative estimate of drug-likeness (QED) is 0.799. The second-order valence-corrected chi connectivity index (χ2v) is 7.21. The van der Waals surface area contributed by atoms with E-state index in [1.54, 1.807) is 10.7 Å². The Kier molecular flexibility index (Phi) is 3.66. The molecular formula is C18H22N6O2. The first-order valence-electron chi connectivity index (χ1n) is 9.21. The van der Waals surface area contributed by atoms with Crippen molar-refractivity contribution in [3.8, 4) is 0 Å². The van der Waals surface area contributed by atoms with E-state index in [1.165, 1.54) is 0 Å². The summed E-state index contributed by atoms with van der Waals surface area (Å²) < 4.78 is 7.08. The molecule has 0 aliphatic carbocycles. The highest BCUT2D eigenvalue weighted by Gasteiger charge is 2.44. The van der Waals surface area contributed by atoms with Crippen LogP contribution >= 0.6 is 0 Å². The van der Waals surface area contributed by atoms with Crippen LogP contribution in [0.1, 0.15) is 40.6 Å². The van der Waals surface area contributed by atoms with Crippen LogP contribution in [0.2, 0.25) is 0 Å². The summed E-state index contributed by atoms with van der Waals surface area (Å²) in [5.74, 6) is 0.803. The maximum Gasteiger partial charge on any atom is 0.275 e. The van der Waals surface area contributed by atoms with Crippen molar-refractivity contribution in [3.05, 3.63) is 35.4 Å². The van der Waals surface area contributed by atoms with E-state index in [0.29, 0.717) is 5.69 Å². The highest BCUT2D eigenvalue weighted by Crippen LogP contribution is 2.43. The summed E-state index contributed by atoms with van der Waals surface area (Å²) in [5, 5.41) is 4.29. The van der Waals surface area contributed by atoms with Crippen molar-refractivity contribution < 1.29 is 9.53 Å². The molecule has 2 atom stereocenters. The van der Waals surface area contributed by atoms with Gasteiger partial charge in [0.2, 0.25) is 5.95 Å². The van der Waals surface area contributed by atoms with Gasteiger partial charge in [0.15, 0.2) is 0 Å². The summed E-state index contributed by atoms with van der Waals surface area (Å²) in [4.78, 5) is 26.6. The van der Waals surface area contributed by atoms with Crippen molar-refractivity contribution in [2.75, 3.05) is 31.2 Å². The third-order valence-corrected chi connectivity index (χ3v) is 5.64. The molecule has 26 heavy (non-hydrogen) atoms. The van der Waals surface area contributed by atoms with Crippen LogP contribution in [0.5, 0.6) is 0 Å². The van der Waals surface area contributed by atoms with Gasteiger partial charge < -0.3 is 14.5 Å². The zero-order chi connectivity index (χ0) is 17.7. The van der Waals surface area contributed by atoms with Crippen LogP contribution in [-0.4, -0.2) is 62.9 Å². The molecule has 8 nitrogen and oxygen atoms in total. The van der Waals surface area contributed by atoms with Gasteiger partial charge >= 0.3 is 0 Å². The van der Waals surface area contributed by atoms with Crippen molar-refractivity contribution in [1.82, 2.24) is 24.6 Å². The normalized spacial score (nSPS) is 24.7. The molecule has 3 aliphatic rings. The fraction of sp³-hybridized carbons (Fsp3) is 0.556. The number of fused-ring (bicyclic) bond motifs is 4. The number of carbonyl (C=O) groups excluding carboxylic acids is 1. The number of nitrogens with zero attached hydrogens (tertiary/aromatic N) is 6. The maximum atomic E-state index is 13.0. The van der Waals surface area contributed by atoms with Gasteiger partial charge in [0, 0.05) is 50.6 Å². The number of aromatic nitrogens is 4. The number of amides is 1. The van der Waals surface area contributed by atoms with Crippen molar-refractivity contribution in [3.63, 3.8) is 0 Å². The lowest BCUT2D eigenvalue weighted by Gasteiger charge is -2.36. The maximum absolute atomic E-state index is 13.0. The predicted molar refractivity (Wildman–Crippen MR) is 93.9 cm³/mol. The second kappa shape index (κ2) is 6.05. The number of hydrogen-bond acceptors (Lipinski definition) is 6. The van der Waals surface area contributed by atoms with Crippen LogP contribution in [-0.2, 0) is 18.2 Å². The zero-order valence-corrected chi connectivity index (χ0v) is 14.8. The second-order valence-electron chi connectivity index (χ2n) is 7.21. The van der Waals surface area contributed by atoms with Gasteiger partial charge in [0.25, 0.3) is 5.91 Å². The molecule has 8 heteroatoms. The number of aryl methyl sites for hydroxylation is 1. The molecule has 0 saturated carbocycles. The Bertz CT molecular complexity index is 844. The zero-order valence-electron chi connectivity index (χ0n) is 14.8. The number of morpholine rings is 1.